The van der Waals surface area contributed by atoms with Crippen molar-refractivity contribution in [3.8, 4) is 0 Å². The van der Waals surface area contributed by atoms with Gasteiger partial charge < -0.3 is 9.42 Å². The summed E-state index contributed by atoms with van der Waals surface area (Å²) in [5.41, 5.74) is -0.180. The van der Waals surface area contributed by atoms with Gasteiger partial charge in [-0.25, -0.2) is 17.8 Å². The van der Waals surface area contributed by atoms with Gasteiger partial charge in [0.2, 0.25) is 10.0 Å². The predicted molar refractivity (Wildman–Crippen MR) is 86.2 cm³/mol. The molecule has 1 aliphatic rings. The molecule has 1 N–H and O–H groups in total. The molecule has 0 aromatic carbocycles. The van der Waals surface area contributed by atoms with E-state index < -0.39 is 10.0 Å². The third kappa shape index (κ3) is 3.49. The van der Waals surface area contributed by atoms with E-state index in [1.165, 1.54) is 10.7 Å². The van der Waals surface area contributed by atoms with Crippen molar-refractivity contribution >= 4 is 15.8 Å². The summed E-state index contributed by atoms with van der Waals surface area (Å²) in [4.78, 5) is 13.5. The fourth-order valence-corrected chi connectivity index (χ4v) is 3.70. The third-order valence-electron chi connectivity index (χ3n) is 4.10. The Morgan fingerprint density at radius 2 is 2.21 bits per heavy atom. The highest BCUT2D eigenvalue weighted by Gasteiger charge is 2.26. The Hall–Kier alpha value is -2.20. The molecule has 0 radical (unpaired) electrons. The average Bonchev–Trinajstić information content (AvgIpc) is 3.11. The number of hydrogen-bond donors (Lipinski definition) is 1. The van der Waals surface area contributed by atoms with Gasteiger partial charge >= 0.3 is 0 Å². The molecule has 0 saturated carbocycles. The van der Waals surface area contributed by atoms with Crippen molar-refractivity contribution in [2.45, 2.75) is 30.2 Å². The van der Waals surface area contributed by atoms with Gasteiger partial charge in [0.15, 0.2) is 0 Å². The smallest absolute Gasteiger partial charge is 0.266 e. The second kappa shape index (κ2) is 6.73. The molecule has 130 valence electrons. The number of hydrogen-bond acceptors (Lipinski definition) is 7. The summed E-state index contributed by atoms with van der Waals surface area (Å²) in [6.07, 6.45) is 5.11. The van der Waals surface area contributed by atoms with E-state index in [0.717, 1.165) is 38.3 Å². The quantitative estimate of drug-likeness (QED) is 0.812. The summed E-state index contributed by atoms with van der Waals surface area (Å²) in [6.45, 7) is 1.02. The fourth-order valence-electron chi connectivity index (χ4n) is 2.77. The summed E-state index contributed by atoms with van der Waals surface area (Å²) >= 11 is 0. The van der Waals surface area contributed by atoms with Gasteiger partial charge in [-0.05, 0) is 25.3 Å². The third-order valence-corrected chi connectivity index (χ3v) is 5.47. The molecule has 0 aliphatic carbocycles. The molecule has 2 aromatic heterocycles. The summed E-state index contributed by atoms with van der Waals surface area (Å²) in [7, 11) is -2.05. The van der Waals surface area contributed by atoms with Crippen LogP contribution < -0.4 is 15.2 Å². The minimum atomic E-state index is -3.65. The first-order valence-electron chi connectivity index (χ1n) is 7.67. The van der Waals surface area contributed by atoms with Crippen LogP contribution >= 0.6 is 0 Å². The van der Waals surface area contributed by atoms with Crippen LogP contribution in [0.2, 0.25) is 0 Å². The van der Waals surface area contributed by atoms with Crippen molar-refractivity contribution < 1.29 is 12.9 Å². The molecule has 0 spiro atoms. The maximum absolute atomic E-state index is 12.2. The van der Waals surface area contributed by atoms with Crippen molar-refractivity contribution in [1.29, 1.82) is 0 Å². The summed E-state index contributed by atoms with van der Waals surface area (Å²) in [5.74, 6) is 0.672. The highest BCUT2D eigenvalue weighted by atomic mass is 32.2. The van der Waals surface area contributed by atoms with Crippen LogP contribution in [-0.4, -0.2) is 42.5 Å². The lowest BCUT2D eigenvalue weighted by atomic mass is 10.0. The number of nitrogens with zero attached hydrogens (tertiary/aromatic N) is 4. The Kier molecular flexibility index (Phi) is 4.67. The Morgan fingerprint density at radius 1 is 1.38 bits per heavy atom. The van der Waals surface area contributed by atoms with Gasteiger partial charge in [0, 0.05) is 32.2 Å². The van der Waals surface area contributed by atoms with E-state index in [-0.39, 0.29) is 23.0 Å². The van der Waals surface area contributed by atoms with E-state index in [4.69, 9.17) is 0 Å². The molecular weight excluding hydrogens is 334 g/mol. The Morgan fingerprint density at radius 3 is 2.92 bits per heavy atom. The van der Waals surface area contributed by atoms with Gasteiger partial charge in [0.05, 0.1) is 6.20 Å². The van der Waals surface area contributed by atoms with Gasteiger partial charge in [-0.15, -0.1) is 0 Å². The van der Waals surface area contributed by atoms with Crippen LogP contribution in [0.5, 0.6) is 0 Å². The van der Waals surface area contributed by atoms with Crippen molar-refractivity contribution in [3.63, 3.8) is 0 Å². The molecule has 9 nitrogen and oxygen atoms in total. The SMILES string of the molecule is Cn1nc(N2CCCCC2CNS(=O)(=O)c2cnoc2)ccc1=O. The molecule has 0 bridgehead atoms. The zero-order valence-electron chi connectivity index (χ0n) is 13.3. The average molecular weight is 353 g/mol. The monoisotopic (exact) mass is 353 g/mol. The van der Waals surface area contributed by atoms with Crippen LogP contribution in [0.25, 0.3) is 0 Å². The van der Waals surface area contributed by atoms with Gasteiger partial charge in [0.25, 0.3) is 5.56 Å². The lowest BCUT2D eigenvalue weighted by molar-refractivity contribution is 0.417. The van der Waals surface area contributed by atoms with Crippen LogP contribution in [0.1, 0.15) is 19.3 Å². The second-order valence-electron chi connectivity index (χ2n) is 5.71. The van der Waals surface area contributed by atoms with Crippen molar-refractivity contribution in [3.05, 3.63) is 34.9 Å². The first-order chi connectivity index (χ1) is 11.5. The van der Waals surface area contributed by atoms with Gasteiger partial charge in [-0.2, -0.15) is 5.10 Å². The molecule has 0 amide bonds. The molecule has 3 heterocycles. The molecule has 10 heteroatoms. The molecule has 1 aliphatic heterocycles. The van der Waals surface area contributed by atoms with E-state index in [2.05, 4.69) is 19.5 Å². The molecule has 1 atom stereocenters. The standard InChI is InChI=1S/C14H19N5O4S/c1-18-14(20)6-5-13(17-18)19-7-3-2-4-11(19)8-16-24(21,22)12-9-15-23-10-12/h5-6,9-11,16H,2-4,7-8H2,1H3. The largest absolute Gasteiger partial charge is 0.363 e. The van der Waals surface area contributed by atoms with Crippen LogP contribution in [0.3, 0.4) is 0 Å². The predicted octanol–water partition coefficient (Wildman–Crippen LogP) is 0.106. The number of sulfonamides is 1. The summed E-state index contributed by atoms with van der Waals surface area (Å²) in [5, 5.41) is 7.69. The Bertz CT molecular complexity index is 846. The Balaban J connectivity index is 1.75. The zero-order valence-corrected chi connectivity index (χ0v) is 14.1. The maximum Gasteiger partial charge on any atom is 0.266 e. The molecule has 24 heavy (non-hydrogen) atoms. The number of piperidine rings is 1. The molecule has 3 rings (SSSR count). The fraction of sp³-hybridized carbons (Fsp3) is 0.500. The summed E-state index contributed by atoms with van der Waals surface area (Å²) in [6, 6.07) is 3.11. The number of rotatable bonds is 5. The van der Waals surface area contributed by atoms with E-state index in [1.807, 2.05) is 4.90 Å². The zero-order chi connectivity index (χ0) is 17.2. The van der Waals surface area contributed by atoms with E-state index in [0.29, 0.717) is 5.82 Å². The Labute approximate surface area is 139 Å². The highest BCUT2D eigenvalue weighted by Crippen LogP contribution is 2.22. The number of anilines is 1. The van der Waals surface area contributed by atoms with Gasteiger partial charge in [-0.3, -0.25) is 4.79 Å². The summed E-state index contributed by atoms with van der Waals surface area (Å²) < 4.78 is 32.8. The van der Waals surface area contributed by atoms with Crippen LogP contribution in [0, 0.1) is 0 Å². The maximum atomic E-state index is 12.2. The molecule has 1 saturated heterocycles. The van der Waals surface area contributed by atoms with E-state index in [1.54, 1.807) is 13.1 Å². The highest BCUT2D eigenvalue weighted by molar-refractivity contribution is 7.89. The molecule has 1 unspecified atom stereocenters. The van der Waals surface area contributed by atoms with Crippen molar-refractivity contribution in [2.75, 3.05) is 18.0 Å². The number of aromatic nitrogens is 3. The van der Waals surface area contributed by atoms with Crippen molar-refractivity contribution in [2.24, 2.45) is 7.05 Å². The number of aryl methyl sites for hydroxylation is 1. The number of nitrogens with one attached hydrogen (secondary N) is 1. The van der Waals surface area contributed by atoms with Crippen LogP contribution in [0.4, 0.5) is 5.82 Å². The lowest BCUT2D eigenvalue weighted by Crippen LogP contribution is -2.47. The second-order valence-corrected chi connectivity index (χ2v) is 7.48. The van der Waals surface area contributed by atoms with Gasteiger partial charge in [-0.1, -0.05) is 5.16 Å². The van der Waals surface area contributed by atoms with Gasteiger partial charge in [0.1, 0.15) is 17.0 Å². The molecule has 2 aromatic rings. The van der Waals surface area contributed by atoms with Crippen LogP contribution in [0.15, 0.2) is 38.8 Å². The molecule has 1 fully saturated rings. The minimum Gasteiger partial charge on any atom is -0.363 e. The minimum absolute atomic E-state index is 0.00472. The van der Waals surface area contributed by atoms with Crippen molar-refractivity contribution in [1.82, 2.24) is 19.7 Å². The first-order valence-corrected chi connectivity index (χ1v) is 9.16. The van der Waals surface area contributed by atoms with E-state index in [9.17, 15) is 13.2 Å². The van der Waals surface area contributed by atoms with Crippen LogP contribution in [-0.2, 0) is 17.1 Å². The van der Waals surface area contributed by atoms with E-state index >= 15 is 0 Å². The molecular formula is C14H19N5O4S. The first kappa shape index (κ1) is 16.7. The normalized spacial score (nSPS) is 18.7. The topological polar surface area (TPSA) is 110 Å². The lowest BCUT2D eigenvalue weighted by Gasteiger charge is -2.36.